The fourth-order valence-electron chi connectivity index (χ4n) is 2.50. The number of nitrogens with one attached hydrogen (secondary N) is 1. The molecule has 0 saturated heterocycles. The Morgan fingerprint density at radius 1 is 1.04 bits per heavy atom. The van der Waals surface area contributed by atoms with Crippen LogP contribution < -0.4 is 10.1 Å². The van der Waals surface area contributed by atoms with Gasteiger partial charge in [0.2, 0.25) is 5.91 Å². The van der Waals surface area contributed by atoms with Crippen molar-refractivity contribution in [3.8, 4) is 5.75 Å². The first-order valence-electron chi connectivity index (χ1n) is 8.33. The summed E-state index contributed by atoms with van der Waals surface area (Å²) >= 11 is 0. The number of aliphatic carboxylic acids is 1. The number of benzene rings is 2. The quantitative estimate of drug-likeness (QED) is 0.735. The summed E-state index contributed by atoms with van der Waals surface area (Å²) < 4.78 is 5.38. The average Bonchev–Trinajstić information content (AvgIpc) is 2.61. The summed E-state index contributed by atoms with van der Waals surface area (Å²) in [5.41, 5.74) is 1.80. The molecule has 5 nitrogen and oxygen atoms in total. The van der Waals surface area contributed by atoms with E-state index in [4.69, 9.17) is 4.74 Å². The third-order valence-electron chi connectivity index (χ3n) is 3.82. The van der Waals surface area contributed by atoms with Crippen LogP contribution in [0.2, 0.25) is 0 Å². The van der Waals surface area contributed by atoms with Gasteiger partial charge < -0.3 is 15.2 Å². The van der Waals surface area contributed by atoms with E-state index in [9.17, 15) is 14.7 Å². The van der Waals surface area contributed by atoms with Crippen LogP contribution in [0.1, 0.15) is 18.1 Å². The topological polar surface area (TPSA) is 75.6 Å². The predicted molar refractivity (Wildman–Crippen MR) is 95.6 cm³/mol. The van der Waals surface area contributed by atoms with E-state index in [1.54, 1.807) is 0 Å². The third kappa shape index (κ3) is 6.30. The van der Waals surface area contributed by atoms with Crippen LogP contribution in [0.25, 0.3) is 0 Å². The van der Waals surface area contributed by atoms with E-state index in [2.05, 4.69) is 5.32 Å². The van der Waals surface area contributed by atoms with Crippen LogP contribution in [0.15, 0.2) is 54.6 Å². The number of carboxylic acid groups (broad SMARTS) is 1. The Labute approximate surface area is 147 Å². The van der Waals surface area contributed by atoms with Crippen LogP contribution in [0.3, 0.4) is 0 Å². The van der Waals surface area contributed by atoms with Crippen molar-refractivity contribution in [1.29, 1.82) is 0 Å². The normalized spacial score (nSPS) is 11.6. The number of carbonyl (C=O) groups is 2. The summed E-state index contributed by atoms with van der Waals surface area (Å²) in [4.78, 5) is 23.5. The van der Waals surface area contributed by atoms with Crippen molar-refractivity contribution in [2.24, 2.45) is 5.92 Å². The Morgan fingerprint density at radius 3 is 2.32 bits per heavy atom. The molecule has 5 heteroatoms. The molecule has 0 fully saturated rings. The SMILES string of the molecule is CCOc1ccc(CC(CNC(=O)Cc2ccccc2)C(=O)O)cc1. The number of amides is 1. The van der Waals surface area contributed by atoms with Crippen LogP contribution in [0.4, 0.5) is 0 Å². The van der Waals surface area contributed by atoms with Gasteiger partial charge in [-0.05, 0) is 36.6 Å². The highest BCUT2D eigenvalue weighted by molar-refractivity contribution is 5.79. The number of hydrogen-bond donors (Lipinski definition) is 2. The Hall–Kier alpha value is -2.82. The van der Waals surface area contributed by atoms with Crippen molar-refractivity contribution in [1.82, 2.24) is 5.32 Å². The van der Waals surface area contributed by atoms with Crippen LogP contribution in [-0.4, -0.2) is 30.1 Å². The molecule has 0 spiro atoms. The molecule has 0 heterocycles. The van der Waals surface area contributed by atoms with Gasteiger partial charge in [-0.3, -0.25) is 9.59 Å². The van der Waals surface area contributed by atoms with Crippen molar-refractivity contribution in [3.05, 3.63) is 65.7 Å². The molecule has 2 N–H and O–H groups in total. The molecule has 2 rings (SSSR count). The maximum Gasteiger partial charge on any atom is 0.308 e. The first-order chi connectivity index (χ1) is 12.1. The zero-order chi connectivity index (χ0) is 18.1. The van der Waals surface area contributed by atoms with E-state index < -0.39 is 11.9 Å². The highest BCUT2D eigenvalue weighted by atomic mass is 16.5. The molecule has 2 aromatic rings. The summed E-state index contributed by atoms with van der Waals surface area (Å²) in [6.07, 6.45) is 0.601. The molecule has 0 bridgehead atoms. The molecule has 0 radical (unpaired) electrons. The molecule has 25 heavy (non-hydrogen) atoms. The smallest absolute Gasteiger partial charge is 0.308 e. The van der Waals surface area contributed by atoms with Crippen molar-refractivity contribution >= 4 is 11.9 Å². The number of carboxylic acids is 1. The van der Waals surface area contributed by atoms with Gasteiger partial charge >= 0.3 is 5.97 Å². The van der Waals surface area contributed by atoms with E-state index >= 15 is 0 Å². The van der Waals surface area contributed by atoms with E-state index in [1.807, 2.05) is 61.5 Å². The minimum Gasteiger partial charge on any atom is -0.494 e. The number of carbonyl (C=O) groups excluding carboxylic acids is 1. The molecule has 1 unspecified atom stereocenters. The summed E-state index contributed by atoms with van der Waals surface area (Å²) in [6.45, 7) is 2.60. The average molecular weight is 341 g/mol. The van der Waals surface area contributed by atoms with Crippen LogP contribution in [0, 0.1) is 5.92 Å². The maximum absolute atomic E-state index is 12.0. The van der Waals surface area contributed by atoms with Gasteiger partial charge in [-0.1, -0.05) is 42.5 Å². The van der Waals surface area contributed by atoms with Gasteiger partial charge in [-0.15, -0.1) is 0 Å². The molecule has 0 aliphatic carbocycles. The second kappa shape index (κ2) is 9.47. The number of ether oxygens (including phenoxy) is 1. The largest absolute Gasteiger partial charge is 0.494 e. The number of rotatable bonds is 9. The van der Waals surface area contributed by atoms with Gasteiger partial charge in [0.05, 0.1) is 18.9 Å². The van der Waals surface area contributed by atoms with Crippen LogP contribution in [-0.2, 0) is 22.4 Å². The molecule has 0 aliphatic heterocycles. The van der Waals surface area contributed by atoms with Crippen molar-refractivity contribution < 1.29 is 19.4 Å². The van der Waals surface area contributed by atoms with Gasteiger partial charge in [0, 0.05) is 6.54 Å². The Morgan fingerprint density at radius 2 is 1.72 bits per heavy atom. The van der Waals surface area contributed by atoms with Crippen LogP contribution >= 0.6 is 0 Å². The van der Waals surface area contributed by atoms with Crippen molar-refractivity contribution in [2.75, 3.05) is 13.2 Å². The molecule has 2 aromatic carbocycles. The van der Waals surface area contributed by atoms with Gasteiger partial charge in [-0.25, -0.2) is 0 Å². The lowest BCUT2D eigenvalue weighted by Crippen LogP contribution is -2.34. The van der Waals surface area contributed by atoms with E-state index in [0.29, 0.717) is 13.0 Å². The zero-order valence-electron chi connectivity index (χ0n) is 14.3. The lowest BCUT2D eigenvalue weighted by Gasteiger charge is -2.14. The maximum atomic E-state index is 12.0. The van der Waals surface area contributed by atoms with E-state index in [0.717, 1.165) is 16.9 Å². The molecule has 132 valence electrons. The lowest BCUT2D eigenvalue weighted by molar-refractivity contribution is -0.141. The Balaban J connectivity index is 1.87. The zero-order valence-corrected chi connectivity index (χ0v) is 14.3. The second-order valence-electron chi connectivity index (χ2n) is 5.78. The highest BCUT2D eigenvalue weighted by Gasteiger charge is 2.19. The Kier molecular flexibility index (Phi) is 7.01. The molecule has 1 atom stereocenters. The van der Waals surface area contributed by atoms with Gasteiger partial charge in [-0.2, -0.15) is 0 Å². The lowest BCUT2D eigenvalue weighted by atomic mass is 9.99. The Bertz CT molecular complexity index is 683. The molecule has 0 saturated carbocycles. The molecule has 0 aromatic heterocycles. The highest BCUT2D eigenvalue weighted by Crippen LogP contribution is 2.15. The molecule has 1 amide bonds. The summed E-state index contributed by atoms with van der Waals surface area (Å²) in [5.74, 6) is -1.01. The standard InChI is InChI=1S/C20H23NO4/c1-2-25-18-10-8-16(9-11-18)12-17(20(23)24)14-21-19(22)13-15-6-4-3-5-7-15/h3-11,17H,2,12-14H2,1H3,(H,21,22)(H,23,24). The van der Waals surface area contributed by atoms with E-state index in [-0.39, 0.29) is 18.9 Å². The van der Waals surface area contributed by atoms with Gasteiger partial charge in [0.15, 0.2) is 0 Å². The monoisotopic (exact) mass is 341 g/mol. The fourth-order valence-corrected chi connectivity index (χ4v) is 2.50. The summed E-state index contributed by atoms with van der Waals surface area (Å²) in [7, 11) is 0. The summed E-state index contributed by atoms with van der Waals surface area (Å²) in [5, 5.41) is 12.1. The van der Waals surface area contributed by atoms with Gasteiger partial charge in [0.25, 0.3) is 0 Å². The molecular weight excluding hydrogens is 318 g/mol. The van der Waals surface area contributed by atoms with Crippen molar-refractivity contribution in [2.45, 2.75) is 19.8 Å². The van der Waals surface area contributed by atoms with Gasteiger partial charge in [0.1, 0.15) is 5.75 Å². The summed E-state index contributed by atoms with van der Waals surface area (Å²) in [6, 6.07) is 16.7. The minimum absolute atomic E-state index is 0.105. The fraction of sp³-hybridized carbons (Fsp3) is 0.300. The first-order valence-corrected chi connectivity index (χ1v) is 8.33. The molecular formula is C20H23NO4. The molecule has 0 aliphatic rings. The predicted octanol–water partition coefficient (Wildman–Crippen LogP) is 2.69. The third-order valence-corrected chi connectivity index (χ3v) is 3.82. The van der Waals surface area contributed by atoms with E-state index in [1.165, 1.54) is 0 Å². The van der Waals surface area contributed by atoms with Crippen LogP contribution in [0.5, 0.6) is 5.75 Å². The first kappa shape index (κ1) is 18.5. The van der Waals surface area contributed by atoms with Crippen molar-refractivity contribution in [3.63, 3.8) is 0 Å². The second-order valence-corrected chi connectivity index (χ2v) is 5.78. The minimum atomic E-state index is -0.922. The number of hydrogen-bond acceptors (Lipinski definition) is 3.